The predicted molar refractivity (Wildman–Crippen MR) is 114 cm³/mol. The molecule has 0 unspecified atom stereocenters. The van der Waals surface area contributed by atoms with E-state index in [0.717, 1.165) is 10.8 Å². The molecule has 0 saturated heterocycles. The number of benzene rings is 4. The third kappa shape index (κ3) is 3.09. The number of nitrogens with one attached hydrogen (secondary N) is 1. The lowest BCUT2D eigenvalue weighted by molar-refractivity contribution is 0.158. The van der Waals surface area contributed by atoms with E-state index in [-0.39, 0.29) is 18.3 Å². The fourth-order valence-electron chi connectivity index (χ4n) is 4.11. The molecule has 4 aromatic carbocycles. The van der Waals surface area contributed by atoms with Gasteiger partial charge in [-0.3, -0.25) is 5.32 Å². The van der Waals surface area contributed by atoms with Crippen LogP contribution in [0.25, 0.3) is 21.9 Å². The second-order valence-electron chi connectivity index (χ2n) is 7.16. The molecule has 142 valence electrons. The molecular weight excluding hydrogens is 362 g/mol. The monoisotopic (exact) mass is 381 g/mol. The van der Waals surface area contributed by atoms with Crippen LogP contribution < -0.4 is 5.32 Å². The second-order valence-corrected chi connectivity index (χ2v) is 7.16. The van der Waals surface area contributed by atoms with Gasteiger partial charge in [0.1, 0.15) is 12.4 Å². The number of hydrogen-bond acceptors (Lipinski definition) is 3. The molecule has 0 saturated carbocycles. The minimum absolute atomic E-state index is 0.0183. The number of anilines is 1. The van der Waals surface area contributed by atoms with E-state index in [2.05, 4.69) is 29.6 Å². The highest BCUT2D eigenvalue weighted by molar-refractivity contribution is 6.00. The molecule has 1 amide bonds. The first-order valence-corrected chi connectivity index (χ1v) is 9.54. The van der Waals surface area contributed by atoms with Crippen LogP contribution in [0.1, 0.15) is 17.0 Å². The number of phenolic OH excluding ortho intramolecular Hbond substituents is 1. The summed E-state index contributed by atoms with van der Waals surface area (Å²) in [6, 6.07) is 27.1. The van der Waals surface area contributed by atoms with Crippen LogP contribution in [0, 0.1) is 0 Å². The lowest BCUT2D eigenvalue weighted by atomic mass is 9.98. The van der Waals surface area contributed by atoms with E-state index in [0.29, 0.717) is 5.69 Å². The average Bonchev–Trinajstić information content (AvgIpc) is 3.07. The Labute approximate surface area is 168 Å². The van der Waals surface area contributed by atoms with Crippen LogP contribution in [0.2, 0.25) is 0 Å². The molecule has 4 heteroatoms. The summed E-state index contributed by atoms with van der Waals surface area (Å²) in [5.74, 6) is 0.170. The number of carbonyl (C=O) groups is 1. The Hall–Kier alpha value is -3.79. The Bertz CT molecular complexity index is 1190. The summed E-state index contributed by atoms with van der Waals surface area (Å²) in [7, 11) is 0. The largest absolute Gasteiger partial charge is 0.508 e. The maximum Gasteiger partial charge on any atom is 0.411 e. The molecule has 0 bridgehead atoms. The SMILES string of the molecule is O=C(Nc1cccc2ccc(O)cc12)OCC1c2ccccc2-c2ccccc21. The van der Waals surface area contributed by atoms with Gasteiger partial charge >= 0.3 is 6.09 Å². The number of fused-ring (bicyclic) bond motifs is 4. The Morgan fingerprint density at radius 3 is 2.28 bits per heavy atom. The summed E-state index contributed by atoms with van der Waals surface area (Å²) in [4.78, 5) is 12.5. The number of hydrogen-bond donors (Lipinski definition) is 2. The third-order valence-corrected chi connectivity index (χ3v) is 5.45. The number of phenols is 1. The summed E-state index contributed by atoms with van der Waals surface area (Å²) in [5, 5.41) is 14.3. The highest BCUT2D eigenvalue weighted by atomic mass is 16.5. The van der Waals surface area contributed by atoms with Gasteiger partial charge < -0.3 is 9.84 Å². The summed E-state index contributed by atoms with van der Waals surface area (Å²) in [5.41, 5.74) is 5.35. The zero-order chi connectivity index (χ0) is 19.8. The van der Waals surface area contributed by atoms with Crippen molar-refractivity contribution in [1.82, 2.24) is 0 Å². The van der Waals surface area contributed by atoms with Gasteiger partial charge in [-0.05, 0) is 45.8 Å². The van der Waals surface area contributed by atoms with E-state index in [9.17, 15) is 9.90 Å². The van der Waals surface area contributed by atoms with Gasteiger partial charge in [0.15, 0.2) is 0 Å². The molecule has 5 rings (SSSR count). The molecule has 4 aromatic rings. The minimum Gasteiger partial charge on any atom is -0.508 e. The Morgan fingerprint density at radius 1 is 0.862 bits per heavy atom. The highest BCUT2D eigenvalue weighted by Gasteiger charge is 2.29. The van der Waals surface area contributed by atoms with E-state index in [1.165, 1.54) is 22.3 Å². The van der Waals surface area contributed by atoms with Crippen molar-refractivity contribution in [3.8, 4) is 16.9 Å². The lowest BCUT2D eigenvalue weighted by Crippen LogP contribution is -2.18. The fourth-order valence-corrected chi connectivity index (χ4v) is 4.11. The van der Waals surface area contributed by atoms with E-state index < -0.39 is 6.09 Å². The lowest BCUT2D eigenvalue weighted by Gasteiger charge is -2.15. The van der Waals surface area contributed by atoms with E-state index in [1.807, 2.05) is 42.5 Å². The smallest absolute Gasteiger partial charge is 0.411 e. The van der Waals surface area contributed by atoms with Crippen molar-refractivity contribution in [1.29, 1.82) is 0 Å². The van der Waals surface area contributed by atoms with Crippen molar-refractivity contribution in [2.75, 3.05) is 11.9 Å². The fraction of sp³-hybridized carbons (Fsp3) is 0.0800. The number of rotatable bonds is 3. The van der Waals surface area contributed by atoms with Crippen LogP contribution in [-0.4, -0.2) is 17.8 Å². The Kier molecular flexibility index (Phi) is 4.17. The van der Waals surface area contributed by atoms with Crippen molar-refractivity contribution < 1.29 is 14.6 Å². The molecule has 0 fully saturated rings. The Balaban J connectivity index is 1.36. The van der Waals surface area contributed by atoms with Gasteiger partial charge in [0, 0.05) is 11.3 Å². The number of carbonyl (C=O) groups excluding carboxylic acids is 1. The molecule has 0 radical (unpaired) electrons. The molecule has 29 heavy (non-hydrogen) atoms. The normalized spacial score (nSPS) is 12.4. The summed E-state index contributed by atoms with van der Waals surface area (Å²) >= 11 is 0. The first-order valence-electron chi connectivity index (χ1n) is 9.54. The second kappa shape index (κ2) is 6.99. The van der Waals surface area contributed by atoms with Crippen LogP contribution in [0.3, 0.4) is 0 Å². The summed E-state index contributed by atoms with van der Waals surface area (Å²) in [6.45, 7) is 0.260. The zero-order valence-corrected chi connectivity index (χ0v) is 15.6. The van der Waals surface area contributed by atoms with Crippen molar-refractivity contribution in [3.63, 3.8) is 0 Å². The van der Waals surface area contributed by atoms with Crippen LogP contribution in [-0.2, 0) is 4.74 Å². The third-order valence-electron chi connectivity index (χ3n) is 5.45. The van der Waals surface area contributed by atoms with Crippen molar-refractivity contribution in [3.05, 3.63) is 96.1 Å². The molecule has 0 aromatic heterocycles. The molecule has 0 atom stereocenters. The minimum atomic E-state index is -0.511. The van der Waals surface area contributed by atoms with Crippen molar-refractivity contribution in [2.24, 2.45) is 0 Å². The molecule has 0 spiro atoms. The van der Waals surface area contributed by atoms with Gasteiger partial charge in [0.2, 0.25) is 0 Å². The topological polar surface area (TPSA) is 58.6 Å². The van der Waals surface area contributed by atoms with Gasteiger partial charge in [-0.2, -0.15) is 0 Å². The van der Waals surface area contributed by atoms with Crippen LogP contribution in [0.15, 0.2) is 84.9 Å². The van der Waals surface area contributed by atoms with Gasteiger partial charge in [-0.1, -0.05) is 66.7 Å². The van der Waals surface area contributed by atoms with E-state index >= 15 is 0 Å². The average molecular weight is 381 g/mol. The zero-order valence-electron chi connectivity index (χ0n) is 15.6. The maximum absolute atomic E-state index is 12.5. The Morgan fingerprint density at radius 2 is 1.55 bits per heavy atom. The number of amides is 1. The van der Waals surface area contributed by atoms with E-state index in [1.54, 1.807) is 18.2 Å². The molecule has 1 aliphatic rings. The van der Waals surface area contributed by atoms with Gasteiger partial charge in [0.05, 0.1) is 5.69 Å². The summed E-state index contributed by atoms with van der Waals surface area (Å²) < 4.78 is 5.61. The van der Waals surface area contributed by atoms with Gasteiger partial charge in [-0.15, -0.1) is 0 Å². The van der Waals surface area contributed by atoms with Crippen molar-refractivity contribution >= 4 is 22.6 Å². The number of ether oxygens (including phenoxy) is 1. The van der Waals surface area contributed by atoms with Crippen LogP contribution >= 0.6 is 0 Å². The highest BCUT2D eigenvalue weighted by Crippen LogP contribution is 2.44. The molecule has 0 aliphatic heterocycles. The van der Waals surface area contributed by atoms with Crippen LogP contribution in [0.5, 0.6) is 5.75 Å². The molecular formula is C25H19NO3. The first-order chi connectivity index (χ1) is 14.2. The molecule has 0 heterocycles. The molecule has 1 aliphatic carbocycles. The predicted octanol–water partition coefficient (Wildman–Crippen LogP) is 5.91. The van der Waals surface area contributed by atoms with E-state index in [4.69, 9.17) is 4.74 Å². The van der Waals surface area contributed by atoms with Crippen molar-refractivity contribution in [2.45, 2.75) is 5.92 Å². The number of aromatic hydroxyl groups is 1. The molecule has 2 N–H and O–H groups in total. The van der Waals surface area contributed by atoms with Gasteiger partial charge in [-0.25, -0.2) is 4.79 Å². The van der Waals surface area contributed by atoms with Gasteiger partial charge in [0.25, 0.3) is 0 Å². The first kappa shape index (κ1) is 17.3. The quantitative estimate of drug-likeness (QED) is 0.464. The standard InChI is InChI=1S/C25H19NO3/c27-17-13-12-16-6-5-11-24(22(16)14-17)26-25(28)29-15-23-20-9-3-1-7-18(20)19-8-2-4-10-21(19)23/h1-14,23,27H,15H2,(H,26,28). The van der Waals surface area contributed by atoms with Crippen LogP contribution in [0.4, 0.5) is 10.5 Å². The summed E-state index contributed by atoms with van der Waals surface area (Å²) in [6.07, 6.45) is -0.511. The molecule has 4 nitrogen and oxygen atoms in total. The maximum atomic E-state index is 12.5.